The number of nitrogens with one attached hydrogen (secondary N) is 2. The number of nitrogens with zero attached hydrogens (tertiary/aromatic N) is 2. The van der Waals surface area contributed by atoms with Crippen molar-refractivity contribution < 1.29 is 45.8 Å². The zero-order valence-corrected chi connectivity index (χ0v) is 23.9. The highest BCUT2D eigenvalue weighted by Crippen LogP contribution is 2.31. The van der Waals surface area contributed by atoms with Crippen LogP contribution < -0.4 is 14.9 Å². The van der Waals surface area contributed by atoms with Crippen molar-refractivity contribution in [1.82, 2.24) is 10.2 Å². The quantitative estimate of drug-likeness (QED) is 0.389. The average molecular weight is 603 g/mol. The van der Waals surface area contributed by atoms with E-state index in [1.54, 1.807) is 38.1 Å². The van der Waals surface area contributed by atoms with Crippen LogP contribution in [-0.4, -0.2) is 88.8 Å². The number of hydrogen-bond acceptors (Lipinski definition) is 8. The van der Waals surface area contributed by atoms with E-state index in [0.717, 1.165) is 18.7 Å². The fourth-order valence-corrected chi connectivity index (χ4v) is 5.22. The summed E-state index contributed by atoms with van der Waals surface area (Å²) in [6.07, 6.45) is -5.08. The number of carboxylic acid groups (broad SMARTS) is 1. The lowest BCUT2D eigenvalue weighted by Crippen LogP contribution is -2.43. The Kier molecular flexibility index (Phi) is 11.5. The van der Waals surface area contributed by atoms with E-state index in [4.69, 9.17) is 14.6 Å². The van der Waals surface area contributed by atoms with Crippen LogP contribution in [0.3, 0.4) is 0 Å². The van der Waals surface area contributed by atoms with Gasteiger partial charge in [-0.05, 0) is 56.2 Å². The molecule has 1 amide bonds. The number of anilines is 2. The highest BCUT2D eigenvalue weighted by Gasteiger charge is 2.38. The van der Waals surface area contributed by atoms with Gasteiger partial charge in [0.05, 0.1) is 22.9 Å². The van der Waals surface area contributed by atoms with Gasteiger partial charge in [-0.1, -0.05) is 12.1 Å². The number of ether oxygens (including phenoxy) is 1. The number of benzene rings is 2. The molecule has 15 heteroatoms. The molecule has 1 saturated heterocycles. The van der Waals surface area contributed by atoms with Crippen LogP contribution in [0.25, 0.3) is 0 Å². The second-order valence-electron chi connectivity index (χ2n) is 9.11. The number of carbonyl (C=O) groups excluding carboxylic acids is 2. The standard InChI is InChI=1S/C24H32N4O5S.C2HF3O2/c1-5-33-23(29)16-27(4)24(30)19-8-9-21(28-12-10-25-11-13-28)20(15-19)26-34(31,32)22-14-17(2)6-7-18(22)3;3-2(4,5)1(6)7/h6-9,14-15,25-26H,5,10-13,16H2,1-4H3;(H,6,7). The van der Waals surface area contributed by atoms with Crippen molar-refractivity contribution in [2.45, 2.75) is 31.8 Å². The Morgan fingerprint density at radius 2 is 1.71 bits per heavy atom. The van der Waals surface area contributed by atoms with Crippen LogP contribution in [0.2, 0.25) is 0 Å². The van der Waals surface area contributed by atoms with Crippen LogP contribution >= 0.6 is 0 Å². The number of halogens is 3. The number of esters is 1. The number of likely N-dealkylation sites (N-methyl/N-ethyl adjacent to an activating group) is 1. The van der Waals surface area contributed by atoms with Crippen LogP contribution in [0.5, 0.6) is 0 Å². The maximum Gasteiger partial charge on any atom is 0.490 e. The number of hydrogen-bond donors (Lipinski definition) is 3. The maximum absolute atomic E-state index is 13.3. The number of sulfonamides is 1. The number of carboxylic acids is 1. The molecule has 1 aliphatic heterocycles. The summed E-state index contributed by atoms with van der Waals surface area (Å²) >= 11 is 0. The molecular formula is C26H33F3N4O7S. The number of rotatable bonds is 8. The number of carbonyl (C=O) groups is 3. The van der Waals surface area contributed by atoms with Gasteiger partial charge >= 0.3 is 18.1 Å². The summed E-state index contributed by atoms with van der Waals surface area (Å²) in [7, 11) is -2.40. The average Bonchev–Trinajstić information content (AvgIpc) is 2.89. The normalized spacial score (nSPS) is 13.5. The Morgan fingerprint density at radius 3 is 2.27 bits per heavy atom. The number of amides is 1. The van der Waals surface area contributed by atoms with Crippen molar-refractivity contribution in [3.63, 3.8) is 0 Å². The van der Waals surface area contributed by atoms with E-state index in [2.05, 4.69) is 14.9 Å². The van der Waals surface area contributed by atoms with Crippen LogP contribution in [-0.2, 0) is 24.3 Å². The lowest BCUT2D eigenvalue weighted by Gasteiger charge is -2.31. The number of piperazine rings is 1. The van der Waals surface area contributed by atoms with Crippen LogP contribution in [0.1, 0.15) is 28.4 Å². The van der Waals surface area contributed by atoms with E-state index in [1.807, 2.05) is 13.0 Å². The van der Waals surface area contributed by atoms with Crippen molar-refractivity contribution in [2.75, 3.05) is 56.0 Å². The van der Waals surface area contributed by atoms with Crippen molar-refractivity contribution in [3.8, 4) is 0 Å². The molecule has 1 aliphatic rings. The van der Waals surface area contributed by atoms with Gasteiger partial charge in [0, 0.05) is 38.8 Å². The summed E-state index contributed by atoms with van der Waals surface area (Å²) in [6.45, 7) is 8.25. The van der Waals surface area contributed by atoms with Gasteiger partial charge in [0.2, 0.25) is 0 Å². The van der Waals surface area contributed by atoms with Crippen LogP contribution in [0, 0.1) is 13.8 Å². The molecule has 11 nitrogen and oxygen atoms in total. The van der Waals surface area contributed by atoms with Crippen molar-refractivity contribution in [3.05, 3.63) is 53.1 Å². The van der Waals surface area contributed by atoms with Gasteiger partial charge in [-0.2, -0.15) is 13.2 Å². The summed E-state index contributed by atoms with van der Waals surface area (Å²) in [4.78, 5) is 37.2. The van der Waals surface area contributed by atoms with Gasteiger partial charge in [0.25, 0.3) is 15.9 Å². The van der Waals surface area contributed by atoms with E-state index in [-0.39, 0.29) is 23.6 Å². The molecule has 1 heterocycles. The molecule has 2 aromatic rings. The lowest BCUT2D eigenvalue weighted by atomic mass is 10.1. The molecule has 2 aromatic carbocycles. The first-order valence-electron chi connectivity index (χ1n) is 12.5. The minimum atomic E-state index is -5.08. The van der Waals surface area contributed by atoms with Crippen LogP contribution in [0.15, 0.2) is 41.3 Å². The monoisotopic (exact) mass is 602 g/mol. The SMILES string of the molecule is CCOC(=O)CN(C)C(=O)c1ccc(N2CCNCC2)c(NS(=O)(=O)c2cc(C)ccc2C)c1.O=C(O)C(F)(F)F. The minimum Gasteiger partial charge on any atom is -0.475 e. The molecule has 0 aliphatic carbocycles. The third-order valence-corrected chi connectivity index (χ3v) is 7.35. The summed E-state index contributed by atoms with van der Waals surface area (Å²) < 4.78 is 66.1. The Balaban J connectivity index is 0.000000745. The molecule has 0 unspecified atom stereocenters. The molecule has 3 N–H and O–H groups in total. The third kappa shape index (κ3) is 9.63. The third-order valence-electron chi connectivity index (χ3n) is 5.84. The first kappa shape index (κ1) is 33.4. The summed E-state index contributed by atoms with van der Waals surface area (Å²) in [5, 5.41) is 10.4. The predicted molar refractivity (Wildman–Crippen MR) is 146 cm³/mol. The zero-order valence-electron chi connectivity index (χ0n) is 23.0. The fraction of sp³-hybridized carbons (Fsp3) is 0.423. The minimum absolute atomic E-state index is 0.190. The highest BCUT2D eigenvalue weighted by atomic mass is 32.2. The Morgan fingerprint density at radius 1 is 1.10 bits per heavy atom. The molecular weight excluding hydrogens is 569 g/mol. The first-order chi connectivity index (χ1) is 19.1. The molecule has 0 bridgehead atoms. The van der Waals surface area contributed by atoms with E-state index in [0.29, 0.717) is 30.0 Å². The molecule has 0 atom stereocenters. The van der Waals surface area contributed by atoms with Gasteiger partial charge < -0.3 is 25.0 Å². The molecule has 0 aromatic heterocycles. The fourth-order valence-electron chi connectivity index (χ4n) is 3.82. The summed E-state index contributed by atoms with van der Waals surface area (Å²) in [6, 6.07) is 10.2. The van der Waals surface area contributed by atoms with Gasteiger partial charge in [0.15, 0.2) is 0 Å². The second kappa shape index (κ2) is 14.2. The highest BCUT2D eigenvalue weighted by molar-refractivity contribution is 7.92. The Bertz CT molecular complexity index is 1360. The zero-order chi connectivity index (χ0) is 31.0. The molecule has 0 spiro atoms. The first-order valence-corrected chi connectivity index (χ1v) is 14.0. The number of aliphatic carboxylic acids is 1. The second-order valence-corrected chi connectivity index (χ2v) is 10.8. The largest absolute Gasteiger partial charge is 0.490 e. The van der Waals surface area contributed by atoms with E-state index in [9.17, 15) is 31.2 Å². The Hall–Kier alpha value is -3.85. The van der Waals surface area contributed by atoms with Crippen LogP contribution in [0.4, 0.5) is 24.5 Å². The topological polar surface area (TPSA) is 145 Å². The maximum atomic E-state index is 13.3. The van der Waals surface area contributed by atoms with Gasteiger partial charge in [-0.15, -0.1) is 0 Å². The molecule has 41 heavy (non-hydrogen) atoms. The van der Waals surface area contributed by atoms with Crippen molar-refractivity contribution >= 4 is 39.2 Å². The lowest BCUT2D eigenvalue weighted by molar-refractivity contribution is -0.192. The summed E-state index contributed by atoms with van der Waals surface area (Å²) in [5.74, 6) is -3.67. The predicted octanol–water partition coefficient (Wildman–Crippen LogP) is 2.78. The molecule has 0 saturated carbocycles. The Labute approximate surface area is 236 Å². The van der Waals surface area contributed by atoms with E-state index >= 15 is 0 Å². The summed E-state index contributed by atoms with van der Waals surface area (Å²) in [5.41, 5.74) is 2.74. The van der Waals surface area contributed by atoms with Gasteiger partial charge in [-0.3, -0.25) is 14.3 Å². The molecule has 3 rings (SSSR count). The van der Waals surface area contributed by atoms with Crippen molar-refractivity contribution in [1.29, 1.82) is 0 Å². The molecule has 0 radical (unpaired) electrons. The van der Waals surface area contributed by atoms with Gasteiger partial charge in [-0.25, -0.2) is 13.2 Å². The van der Waals surface area contributed by atoms with Crippen molar-refractivity contribution in [2.24, 2.45) is 0 Å². The molecule has 226 valence electrons. The number of alkyl halides is 3. The van der Waals surface area contributed by atoms with E-state index in [1.165, 1.54) is 18.0 Å². The van der Waals surface area contributed by atoms with Gasteiger partial charge in [0.1, 0.15) is 6.54 Å². The smallest absolute Gasteiger partial charge is 0.475 e. The van der Waals surface area contributed by atoms with E-state index < -0.39 is 34.0 Å². The molecule has 1 fully saturated rings. The number of aryl methyl sites for hydroxylation is 2.